The van der Waals surface area contributed by atoms with Gasteiger partial charge >= 0.3 is 5.97 Å². The van der Waals surface area contributed by atoms with Gasteiger partial charge in [-0.2, -0.15) is 0 Å². The highest BCUT2D eigenvalue weighted by atomic mass is 35.5. The minimum absolute atomic E-state index is 0. The first-order valence-corrected chi connectivity index (χ1v) is 9.01. The Morgan fingerprint density at radius 3 is 2.29 bits per heavy atom. The number of amides is 1. The third kappa shape index (κ3) is 7.16. The molecule has 0 heterocycles. The zero-order valence-electron chi connectivity index (χ0n) is 17.5. The fourth-order valence-corrected chi connectivity index (χ4v) is 2.64. The first kappa shape index (κ1) is 25.7. The molecule has 0 aliphatic heterocycles. The second-order valence-corrected chi connectivity index (χ2v) is 6.22. The van der Waals surface area contributed by atoms with Crippen LogP contribution in [-0.4, -0.2) is 45.6 Å². The first-order chi connectivity index (χ1) is 14.4. The fraction of sp³-hybridized carbons (Fsp3) is 0.286. The molecule has 2 aromatic rings. The first-order valence-electron chi connectivity index (χ1n) is 9.01. The minimum atomic E-state index is -0.895. The number of nitrogens with two attached hydrogens (primary N) is 1. The number of methoxy groups -OCH3 is 3. The van der Waals surface area contributed by atoms with Crippen LogP contribution in [0.15, 0.2) is 42.5 Å². The number of nitrogen functional groups attached to an aromatic ring is 1. The molecule has 0 aliphatic rings. The van der Waals surface area contributed by atoms with Crippen molar-refractivity contribution in [2.75, 3.05) is 27.9 Å². The molecule has 0 radical (unpaired) electrons. The number of benzene rings is 2. The SMILES string of the molecule is COC(=O)COc1cc(C(OC)C(=O)NCc2ccc(C(=N)N)cc2)ccc1OC.Cl. The van der Waals surface area contributed by atoms with Crippen molar-refractivity contribution in [3.05, 3.63) is 59.2 Å². The minimum Gasteiger partial charge on any atom is -0.493 e. The van der Waals surface area contributed by atoms with E-state index in [9.17, 15) is 9.59 Å². The van der Waals surface area contributed by atoms with Gasteiger partial charge in [0.15, 0.2) is 24.2 Å². The number of carbonyl (C=O) groups excluding carboxylic acids is 2. The number of halogens is 1. The fourth-order valence-electron chi connectivity index (χ4n) is 2.64. The van der Waals surface area contributed by atoms with Gasteiger partial charge in [-0.3, -0.25) is 10.2 Å². The molecule has 0 bridgehead atoms. The van der Waals surface area contributed by atoms with Crippen LogP contribution < -0.4 is 20.5 Å². The standard InChI is InChI=1S/C21H25N3O6.ClH/c1-27-16-9-8-15(10-17(16)30-12-18(25)28-2)19(29-3)21(26)24-11-13-4-6-14(7-5-13)20(22)23;/h4-10,19H,11-12H2,1-3H3,(H3,22,23)(H,24,26);1H. The number of esters is 1. The maximum absolute atomic E-state index is 12.7. The maximum atomic E-state index is 12.7. The van der Waals surface area contributed by atoms with Gasteiger partial charge in [-0.05, 0) is 23.3 Å². The van der Waals surface area contributed by atoms with E-state index < -0.39 is 12.1 Å². The van der Waals surface area contributed by atoms with Gasteiger partial charge in [0.2, 0.25) is 0 Å². The van der Waals surface area contributed by atoms with E-state index in [1.165, 1.54) is 21.3 Å². The molecule has 0 aliphatic carbocycles. The van der Waals surface area contributed by atoms with Crippen molar-refractivity contribution >= 4 is 30.1 Å². The van der Waals surface area contributed by atoms with E-state index in [0.29, 0.717) is 16.9 Å². The molecule has 2 aromatic carbocycles. The summed E-state index contributed by atoms with van der Waals surface area (Å²) in [5.41, 5.74) is 7.43. The van der Waals surface area contributed by atoms with Gasteiger partial charge in [-0.15, -0.1) is 12.4 Å². The summed E-state index contributed by atoms with van der Waals surface area (Å²) < 4.78 is 20.6. The monoisotopic (exact) mass is 451 g/mol. The molecule has 168 valence electrons. The van der Waals surface area contributed by atoms with E-state index in [4.69, 9.17) is 25.4 Å². The molecule has 1 unspecified atom stereocenters. The molecule has 0 spiro atoms. The van der Waals surface area contributed by atoms with Gasteiger partial charge in [0.1, 0.15) is 5.84 Å². The summed E-state index contributed by atoms with van der Waals surface area (Å²) in [6.45, 7) is -0.0187. The Hall–Kier alpha value is -3.30. The van der Waals surface area contributed by atoms with Crippen molar-refractivity contribution in [3.63, 3.8) is 0 Å². The molecule has 31 heavy (non-hydrogen) atoms. The molecule has 0 fully saturated rings. The van der Waals surface area contributed by atoms with Crippen LogP contribution in [0.25, 0.3) is 0 Å². The second-order valence-electron chi connectivity index (χ2n) is 6.22. The molecular weight excluding hydrogens is 426 g/mol. The molecular formula is C21H26ClN3O6. The van der Waals surface area contributed by atoms with Crippen molar-refractivity contribution in [1.29, 1.82) is 5.41 Å². The lowest BCUT2D eigenvalue weighted by Crippen LogP contribution is -2.30. The number of amidine groups is 1. The summed E-state index contributed by atoms with van der Waals surface area (Å²) in [5, 5.41) is 10.2. The summed E-state index contributed by atoms with van der Waals surface area (Å²) in [5.74, 6) is -0.218. The number of hydrogen-bond donors (Lipinski definition) is 3. The molecule has 9 nitrogen and oxygen atoms in total. The average Bonchev–Trinajstić information content (AvgIpc) is 2.76. The van der Waals surface area contributed by atoms with E-state index in [1.54, 1.807) is 42.5 Å². The normalized spacial score (nSPS) is 10.9. The topological polar surface area (TPSA) is 133 Å². The quantitative estimate of drug-likeness (QED) is 0.285. The summed E-state index contributed by atoms with van der Waals surface area (Å²) in [6.07, 6.45) is -0.895. The molecule has 4 N–H and O–H groups in total. The molecule has 1 amide bonds. The van der Waals surface area contributed by atoms with Crippen molar-refractivity contribution in [2.24, 2.45) is 5.73 Å². The predicted molar refractivity (Wildman–Crippen MR) is 117 cm³/mol. The Bertz CT molecular complexity index is 904. The Kier molecular flexibility index (Phi) is 10.3. The Morgan fingerprint density at radius 2 is 1.74 bits per heavy atom. The number of hydrogen-bond acceptors (Lipinski definition) is 7. The number of ether oxygens (including phenoxy) is 4. The van der Waals surface area contributed by atoms with E-state index >= 15 is 0 Å². The largest absolute Gasteiger partial charge is 0.493 e. The van der Waals surface area contributed by atoms with Crippen molar-refractivity contribution in [1.82, 2.24) is 5.32 Å². The third-order valence-electron chi connectivity index (χ3n) is 4.27. The van der Waals surface area contributed by atoms with Gasteiger partial charge in [0, 0.05) is 19.2 Å². The zero-order valence-corrected chi connectivity index (χ0v) is 18.3. The average molecular weight is 452 g/mol. The van der Waals surface area contributed by atoms with Crippen molar-refractivity contribution in [3.8, 4) is 11.5 Å². The Labute approximate surface area is 186 Å². The van der Waals surface area contributed by atoms with Crippen LogP contribution in [0.4, 0.5) is 0 Å². The number of carbonyl (C=O) groups is 2. The summed E-state index contributed by atoms with van der Waals surface area (Å²) >= 11 is 0. The lowest BCUT2D eigenvalue weighted by molar-refractivity contribution is -0.143. The third-order valence-corrected chi connectivity index (χ3v) is 4.27. The van der Waals surface area contributed by atoms with Gasteiger partial charge in [-0.1, -0.05) is 30.3 Å². The van der Waals surface area contributed by atoms with Crippen LogP contribution in [0.2, 0.25) is 0 Å². The van der Waals surface area contributed by atoms with E-state index in [1.807, 2.05) is 0 Å². The van der Waals surface area contributed by atoms with E-state index in [-0.39, 0.29) is 43.1 Å². The number of rotatable bonds is 10. The van der Waals surface area contributed by atoms with Gasteiger partial charge in [0.25, 0.3) is 5.91 Å². The van der Waals surface area contributed by atoms with Gasteiger partial charge in [-0.25, -0.2) is 4.79 Å². The smallest absolute Gasteiger partial charge is 0.343 e. The summed E-state index contributed by atoms with van der Waals surface area (Å²) in [6, 6.07) is 11.9. The highest BCUT2D eigenvalue weighted by molar-refractivity contribution is 5.94. The summed E-state index contributed by atoms with van der Waals surface area (Å²) in [7, 11) is 4.15. The molecule has 2 rings (SSSR count). The Balaban J connectivity index is 0.00000480. The molecule has 0 saturated heterocycles. The number of nitrogens with one attached hydrogen (secondary N) is 2. The van der Waals surface area contributed by atoms with Gasteiger partial charge in [0.05, 0.1) is 14.2 Å². The molecule has 0 aromatic heterocycles. The van der Waals surface area contributed by atoms with Crippen molar-refractivity contribution < 1.29 is 28.5 Å². The lowest BCUT2D eigenvalue weighted by Gasteiger charge is -2.18. The van der Waals surface area contributed by atoms with Crippen LogP contribution in [0.3, 0.4) is 0 Å². The van der Waals surface area contributed by atoms with Crippen LogP contribution >= 0.6 is 12.4 Å². The van der Waals surface area contributed by atoms with Gasteiger partial charge < -0.3 is 30.0 Å². The molecule has 10 heteroatoms. The molecule has 0 saturated carbocycles. The van der Waals surface area contributed by atoms with E-state index in [2.05, 4.69) is 10.1 Å². The second kappa shape index (κ2) is 12.4. The van der Waals surface area contributed by atoms with Crippen molar-refractivity contribution in [2.45, 2.75) is 12.6 Å². The Morgan fingerprint density at radius 1 is 1.06 bits per heavy atom. The highest BCUT2D eigenvalue weighted by Crippen LogP contribution is 2.31. The van der Waals surface area contributed by atoms with Crippen LogP contribution in [0, 0.1) is 5.41 Å². The summed E-state index contributed by atoms with van der Waals surface area (Å²) in [4.78, 5) is 24.0. The maximum Gasteiger partial charge on any atom is 0.343 e. The van der Waals surface area contributed by atoms with E-state index in [0.717, 1.165) is 5.56 Å². The van der Waals surface area contributed by atoms with Crippen LogP contribution in [0.1, 0.15) is 22.8 Å². The lowest BCUT2D eigenvalue weighted by atomic mass is 10.1. The zero-order chi connectivity index (χ0) is 22.1. The highest BCUT2D eigenvalue weighted by Gasteiger charge is 2.22. The predicted octanol–water partition coefficient (Wildman–Crippen LogP) is 1.96. The van der Waals surface area contributed by atoms with Crippen LogP contribution in [0.5, 0.6) is 11.5 Å². The molecule has 1 atom stereocenters. The van der Waals surface area contributed by atoms with Crippen LogP contribution in [-0.2, 0) is 25.6 Å².